The number of carbonyl (C=O) groups is 1. The maximum absolute atomic E-state index is 13.2. The first-order chi connectivity index (χ1) is 14.6. The van der Waals surface area contributed by atoms with E-state index < -0.39 is 0 Å². The van der Waals surface area contributed by atoms with E-state index in [1.807, 2.05) is 64.9 Å². The molecule has 3 aromatic heterocycles. The van der Waals surface area contributed by atoms with Gasteiger partial charge in [0, 0.05) is 30.2 Å². The van der Waals surface area contributed by atoms with Crippen LogP contribution in [-0.2, 0) is 0 Å². The van der Waals surface area contributed by atoms with Crippen LogP contribution in [0.3, 0.4) is 0 Å². The summed E-state index contributed by atoms with van der Waals surface area (Å²) in [7, 11) is 0. The number of hydrogen-bond acceptors (Lipinski definition) is 4. The summed E-state index contributed by atoms with van der Waals surface area (Å²) >= 11 is 6.10. The molecule has 0 unspecified atom stereocenters. The molecule has 1 aliphatic heterocycles. The summed E-state index contributed by atoms with van der Waals surface area (Å²) in [5.41, 5.74) is 3.14. The highest BCUT2D eigenvalue weighted by Gasteiger charge is 2.29. The standard InChI is InChI=1S/C22H21ClN6O/c1-15-19(14-24-29(15)18-6-4-5-17(23)13-18)22(30)27-11-8-16(9-12-27)21-26-25-20-7-2-3-10-28(20)21/h2-7,10,13-14,16H,8-9,11-12H2,1H3. The fourth-order valence-corrected chi connectivity index (χ4v) is 4.32. The maximum Gasteiger partial charge on any atom is 0.257 e. The van der Waals surface area contributed by atoms with Gasteiger partial charge in [0.05, 0.1) is 23.1 Å². The van der Waals surface area contributed by atoms with Crippen LogP contribution in [0.1, 0.15) is 40.6 Å². The van der Waals surface area contributed by atoms with Crippen LogP contribution in [0.2, 0.25) is 5.02 Å². The predicted molar refractivity (Wildman–Crippen MR) is 114 cm³/mol. The van der Waals surface area contributed by atoms with E-state index in [0.29, 0.717) is 29.6 Å². The minimum atomic E-state index is 0.0188. The summed E-state index contributed by atoms with van der Waals surface area (Å²) in [6, 6.07) is 13.4. The zero-order valence-electron chi connectivity index (χ0n) is 16.6. The molecule has 0 saturated carbocycles. The Morgan fingerprint density at radius 2 is 1.93 bits per heavy atom. The predicted octanol–water partition coefficient (Wildman–Crippen LogP) is 3.90. The first-order valence-corrected chi connectivity index (χ1v) is 10.4. The lowest BCUT2D eigenvalue weighted by Gasteiger charge is -2.31. The van der Waals surface area contributed by atoms with Gasteiger partial charge in [-0.25, -0.2) is 4.68 Å². The van der Waals surface area contributed by atoms with Crippen LogP contribution in [0.15, 0.2) is 54.9 Å². The summed E-state index contributed by atoms with van der Waals surface area (Å²) in [5, 5.41) is 13.7. The van der Waals surface area contributed by atoms with E-state index in [1.54, 1.807) is 10.9 Å². The van der Waals surface area contributed by atoms with Gasteiger partial charge in [-0.3, -0.25) is 9.20 Å². The van der Waals surface area contributed by atoms with Gasteiger partial charge in [-0.15, -0.1) is 10.2 Å². The maximum atomic E-state index is 13.2. The van der Waals surface area contributed by atoms with Gasteiger partial charge in [-0.05, 0) is 50.1 Å². The van der Waals surface area contributed by atoms with Crippen LogP contribution in [-0.4, -0.2) is 48.3 Å². The van der Waals surface area contributed by atoms with E-state index in [1.165, 1.54) is 0 Å². The number of pyridine rings is 1. The van der Waals surface area contributed by atoms with Crippen molar-refractivity contribution in [3.63, 3.8) is 0 Å². The zero-order chi connectivity index (χ0) is 20.7. The first kappa shape index (κ1) is 18.8. The van der Waals surface area contributed by atoms with Crippen molar-refractivity contribution in [2.24, 2.45) is 0 Å². The molecule has 1 aromatic carbocycles. The number of amides is 1. The smallest absolute Gasteiger partial charge is 0.257 e. The van der Waals surface area contributed by atoms with Crippen molar-refractivity contribution in [1.82, 2.24) is 29.3 Å². The van der Waals surface area contributed by atoms with E-state index >= 15 is 0 Å². The van der Waals surface area contributed by atoms with E-state index in [9.17, 15) is 4.79 Å². The average molecular weight is 421 g/mol. The molecule has 1 amide bonds. The third kappa shape index (κ3) is 3.25. The Kier molecular flexibility index (Phi) is 4.75. The normalized spacial score (nSPS) is 15.1. The number of likely N-dealkylation sites (tertiary alicyclic amines) is 1. The van der Waals surface area contributed by atoms with Crippen LogP contribution in [0, 0.1) is 6.92 Å². The minimum absolute atomic E-state index is 0.0188. The highest BCUT2D eigenvalue weighted by molar-refractivity contribution is 6.30. The number of carbonyl (C=O) groups excluding carboxylic acids is 1. The van der Waals surface area contributed by atoms with Gasteiger partial charge < -0.3 is 4.90 Å². The molecule has 1 fully saturated rings. The highest BCUT2D eigenvalue weighted by atomic mass is 35.5. The second-order valence-electron chi connectivity index (χ2n) is 7.59. The second kappa shape index (κ2) is 7.57. The third-order valence-electron chi connectivity index (χ3n) is 5.78. The monoisotopic (exact) mass is 420 g/mol. The molecule has 1 aliphatic rings. The van der Waals surface area contributed by atoms with Gasteiger partial charge in [0.2, 0.25) is 0 Å². The van der Waals surface area contributed by atoms with Gasteiger partial charge in [0.15, 0.2) is 5.65 Å². The molecule has 0 atom stereocenters. The molecule has 8 heteroatoms. The molecule has 7 nitrogen and oxygen atoms in total. The highest BCUT2D eigenvalue weighted by Crippen LogP contribution is 2.28. The van der Waals surface area contributed by atoms with Crippen molar-refractivity contribution in [2.75, 3.05) is 13.1 Å². The van der Waals surface area contributed by atoms with Gasteiger partial charge in [-0.1, -0.05) is 23.7 Å². The van der Waals surface area contributed by atoms with Crippen LogP contribution >= 0.6 is 11.6 Å². The van der Waals surface area contributed by atoms with Crippen LogP contribution in [0.25, 0.3) is 11.3 Å². The number of benzene rings is 1. The van der Waals surface area contributed by atoms with Gasteiger partial charge >= 0.3 is 0 Å². The van der Waals surface area contributed by atoms with Crippen molar-refractivity contribution < 1.29 is 4.79 Å². The molecule has 0 aliphatic carbocycles. The fraction of sp³-hybridized carbons (Fsp3) is 0.273. The van der Waals surface area contributed by atoms with Crippen molar-refractivity contribution >= 4 is 23.2 Å². The first-order valence-electron chi connectivity index (χ1n) is 10.0. The van der Waals surface area contributed by atoms with Crippen LogP contribution < -0.4 is 0 Å². The van der Waals surface area contributed by atoms with Crippen molar-refractivity contribution in [1.29, 1.82) is 0 Å². The number of piperidine rings is 1. The Labute approximate surface area is 178 Å². The molecule has 0 radical (unpaired) electrons. The largest absolute Gasteiger partial charge is 0.338 e. The summed E-state index contributed by atoms with van der Waals surface area (Å²) in [5.74, 6) is 1.29. The summed E-state index contributed by atoms with van der Waals surface area (Å²) in [6.45, 7) is 3.29. The quantitative estimate of drug-likeness (QED) is 0.504. The number of halogens is 1. The molecular weight excluding hydrogens is 400 g/mol. The second-order valence-corrected chi connectivity index (χ2v) is 8.03. The molecule has 152 valence electrons. The topological polar surface area (TPSA) is 68.3 Å². The SMILES string of the molecule is Cc1c(C(=O)N2CCC(c3nnc4ccccn34)CC2)cnn1-c1cccc(Cl)c1. The summed E-state index contributed by atoms with van der Waals surface area (Å²) in [4.78, 5) is 15.1. The molecule has 5 rings (SSSR count). The lowest BCUT2D eigenvalue weighted by atomic mass is 9.95. The van der Waals surface area contributed by atoms with Gasteiger partial charge in [-0.2, -0.15) is 5.10 Å². The molecule has 4 aromatic rings. The summed E-state index contributed by atoms with van der Waals surface area (Å²) in [6.07, 6.45) is 5.37. The zero-order valence-corrected chi connectivity index (χ0v) is 17.3. The minimum Gasteiger partial charge on any atom is -0.338 e. The summed E-state index contributed by atoms with van der Waals surface area (Å²) < 4.78 is 3.80. The van der Waals surface area contributed by atoms with Crippen LogP contribution in [0.4, 0.5) is 0 Å². The Balaban J connectivity index is 1.32. The molecule has 1 saturated heterocycles. The van der Waals surface area contributed by atoms with E-state index in [0.717, 1.165) is 35.7 Å². The Morgan fingerprint density at radius 1 is 1.10 bits per heavy atom. The lowest BCUT2D eigenvalue weighted by Crippen LogP contribution is -2.38. The van der Waals surface area contributed by atoms with Crippen LogP contribution in [0.5, 0.6) is 0 Å². The number of nitrogens with zero attached hydrogens (tertiary/aromatic N) is 6. The fourth-order valence-electron chi connectivity index (χ4n) is 4.14. The van der Waals surface area contributed by atoms with Crippen molar-refractivity contribution in [3.8, 4) is 5.69 Å². The van der Waals surface area contributed by atoms with E-state index in [-0.39, 0.29) is 5.91 Å². The Morgan fingerprint density at radius 3 is 2.73 bits per heavy atom. The molecule has 30 heavy (non-hydrogen) atoms. The van der Waals surface area contributed by atoms with E-state index in [4.69, 9.17) is 11.6 Å². The Hall–Kier alpha value is -3.19. The molecular formula is C22H21ClN6O. The van der Waals surface area contributed by atoms with Gasteiger partial charge in [0.1, 0.15) is 5.82 Å². The molecule has 0 N–H and O–H groups in total. The number of aromatic nitrogens is 5. The third-order valence-corrected chi connectivity index (χ3v) is 6.02. The molecule has 0 spiro atoms. The van der Waals surface area contributed by atoms with Gasteiger partial charge in [0.25, 0.3) is 5.91 Å². The molecule has 4 heterocycles. The van der Waals surface area contributed by atoms with Crippen molar-refractivity contribution in [3.05, 3.63) is 77.0 Å². The average Bonchev–Trinajstić information content (AvgIpc) is 3.37. The van der Waals surface area contributed by atoms with Crippen molar-refractivity contribution in [2.45, 2.75) is 25.7 Å². The lowest BCUT2D eigenvalue weighted by molar-refractivity contribution is 0.0710. The van der Waals surface area contributed by atoms with E-state index in [2.05, 4.69) is 15.3 Å². The molecule has 0 bridgehead atoms. The number of fused-ring (bicyclic) bond motifs is 1. The number of rotatable bonds is 3. The number of hydrogen-bond donors (Lipinski definition) is 0. The Bertz CT molecular complexity index is 1220.